The Hall–Kier alpha value is -2.41. The molecule has 7 heteroatoms. The summed E-state index contributed by atoms with van der Waals surface area (Å²) in [4.78, 5) is 4.17. The summed E-state index contributed by atoms with van der Waals surface area (Å²) in [6.07, 6.45) is 0. The Morgan fingerprint density at radius 2 is 2.10 bits per heavy atom. The molecule has 0 saturated heterocycles. The Bertz CT molecular complexity index is 664. The van der Waals surface area contributed by atoms with E-state index in [1.54, 1.807) is 24.0 Å². The molecule has 3 aromatic rings. The van der Waals surface area contributed by atoms with E-state index in [2.05, 4.69) is 20.5 Å². The van der Waals surface area contributed by atoms with Gasteiger partial charge in [-0.3, -0.25) is 0 Å². The topological polar surface area (TPSA) is 73.1 Å². The van der Waals surface area contributed by atoms with Gasteiger partial charge in [-0.05, 0) is 24.3 Å². The van der Waals surface area contributed by atoms with E-state index in [1.807, 2.05) is 29.6 Å². The molecule has 0 saturated carbocycles. The third-order valence-electron chi connectivity index (χ3n) is 2.67. The van der Waals surface area contributed by atoms with Crippen LogP contribution in [0.3, 0.4) is 0 Å². The minimum absolute atomic E-state index is 0.379. The van der Waals surface area contributed by atoms with Crippen LogP contribution in [0.2, 0.25) is 0 Å². The molecule has 3 rings (SSSR count). The van der Waals surface area contributed by atoms with Gasteiger partial charge in [0.05, 0.1) is 24.9 Å². The summed E-state index contributed by atoms with van der Waals surface area (Å²) in [6, 6.07) is 7.82. The number of rotatable bonds is 5. The molecule has 20 heavy (non-hydrogen) atoms. The number of benzene rings is 1. The first-order valence-electron chi connectivity index (χ1n) is 5.94. The highest BCUT2D eigenvalue weighted by Gasteiger charge is 2.08. The van der Waals surface area contributed by atoms with Crippen molar-refractivity contribution in [3.63, 3.8) is 0 Å². The van der Waals surface area contributed by atoms with Crippen molar-refractivity contribution < 1.29 is 9.15 Å². The minimum Gasteiger partial charge on any atom is -0.497 e. The number of methoxy groups -OCH3 is 1. The molecule has 0 aliphatic heterocycles. The average Bonchev–Trinajstić information content (AvgIpc) is 3.17. The Morgan fingerprint density at radius 3 is 2.80 bits per heavy atom. The van der Waals surface area contributed by atoms with E-state index in [9.17, 15) is 0 Å². The van der Waals surface area contributed by atoms with Gasteiger partial charge in [-0.2, -0.15) is 0 Å². The van der Waals surface area contributed by atoms with Gasteiger partial charge in [0.25, 0.3) is 0 Å². The highest BCUT2D eigenvalue weighted by atomic mass is 32.1. The molecule has 0 atom stereocenters. The molecule has 1 aromatic carbocycles. The lowest BCUT2D eigenvalue weighted by atomic mass is 10.2. The number of anilines is 1. The first kappa shape index (κ1) is 12.6. The fourth-order valence-corrected chi connectivity index (χ4v) is 2.19. The van der Waals surface area contributed by atoms with Crippen LogP contribution in [-0.4, -0.2) is 22.3 Å². The van der Waals surface area contributed by atoms with E-state index in [1.165, 1.54) is 0 Å². The Morgan fingerprint density at radius 1 is 1.25 bits per heavy atom. The zero-order valence-electron chi connectivity index (χ0n) is 10.7. The van der Waals surface area contributed by atoms with Crippen molar-refractivity contribution in [1.82, 2.24) is 15.2 Å². The van der Waals surface area contributed by atoms with E-state index in [4.69, 9.17) is 9.15 Å². The van der Waals surface area contributed by atoms with Crippen molar-refractivity contribution >= 4 is 17.4 Å². The monoisotopic (exact) mass is 288 g/mol. The number of nitrogens with zero attached hydrogens (tertiary/aromatic N) is 3. The molecule has 2 heterocycles. The van der Waals surface area contributed by atoms with Crippen molar-refractivity contribution in [3.05, 3.63) is 40.8 Å². The van der Waals surface area contributed by atoms with Crippen LogP contribution >= 0.6 is 11.3 Å². The van der Waals surface area contributed by atoms with Crippen LogP contribution in [0.1, 0.15) is 5.69 Å². The summed E-state index contributed by atoms with van der Waals surface area (Å²) in [6.45, 7) is 0.563. The lowest BCUT2D eigenvalue weighted by Gasteiger charge is -1.99. The molecule has 1 N–H and O–H groups in total. The van der Waals surface area contributed by atoms with Crippen molar-refractivity contribution in [2.45, 2.75) is 6.54 Å². The molecule has 0 aliphatic rings. The fraction of sp³-hybridized carbons (Fsp3) is 0.154. The van der Waals surface area contributed by atoms with Gasteiger partial charge in [-0.25, -0.2) is 4.98 Å². The number of hydrogen-bond donors (Lipinski definition) is 1. The second-order valence-corrected chi connectivity index (χ2v) is 4.69. The molecule has 2 aromatic heterocycles. The Balaban J connectivity index is 1.69. The van der Waals surface area contributed by atoms with Crippen LogP contribution in [0.15, 0.2) is 39.6 Å². The van der Waals surface area contributed by atoms with E-state index >= 15 is 0 Å². The maximum atomic E-state index is 5.54. The maximum Gasteiger partial charge on any atom is 0.316 e. The molecule has 0 radical (unpaired) electrons. The molecule has 6 nitrogen and oxygen atoms in total. The van der Waals surface area contributed by atoms with Crippen molar-refractivity contribution in [2.75, 3.05) is 12.4 Å². The predicted octanol–water partition coefficient (Wildman–Crippen LogP) is 2.81. The van der Waals surface area contributed by atoms with Crippen LogP contribution < -0.4 is 10.1 Å². The third-order valence-corrected chi connectivity index (χ3v) is 3.30. The van der Waals surface area contributed by atoms with Gasteiger partial charge < -0.3 is 14.5 Å². The van der Waals surface area contributed by atoms with Crippen LogP contribution in [0.5, 0.6) is 5.75 Å². The van der Waals surface area contributed by atoms with Gasteiger partial charge in [0.15, 0.2) is 0 Å². The normalized spacial score (nSPS) is 10.4. The van der Waals surface area contributed by atoms with E-state index in [-0.39, 0.29) is 0 Å². The van der Waals surface area contributed by atoms with E-state index < -0.39 is 0 Å². The summed E-state index contributed by atoms with van der Waals surface area (Å²) in [7, 11) is 1.63. The number of thiazole rings is 1. The second kappa shape index (κ2) is 5.70. The number of ether oxygens (including phenoxy) is 1. The van der Waals surface area contributed by atoms with E-state index in [0.717, 1.165) is 17.0 Å². The first-order valence-corrected chi connectivity index (χ1v) is 6.88. The van der Waals surface area contributed by atoms with Crippen LogP contribution in [0.25, 0.3) is 11.5 Å². The summed E-state index contributed by atoms with van der Waals surface area (Å²) >= 11 is 1.55. The number of aromatic nitrogens is 3. The molecular formula is C13H12N4O2S. The molecule has 0 fully saturated rings. The summed E-state index contributed by atoms with van der Waals surface area (Å²) in [5.41, 5.74) is 3.58. The zero-order valence-corrected chi connectivity index (χ0v) is 11.6. The maximum absolute atomic E-state index is 5.54. The van der Waals surface area contributed by atoms with Gasteiger partial charge in [-0.15, -0.1) is 16.4 Å². The summed E-state index contributed by atoms with van der Waals surface area (Å²) in [5, 5.41) is 13.0. The largest absolute Gasteiger partial charge is 0.497 e. The van der Waals surface area contributed by atoms with Gasteiger partial charge in [0.2, 0.25) is 5.89 Å². The molecule has 0 aliphatic carbocycles. The Kier molecular flexibility index (Phi) is 3.60. The molecule has 0 bridgehead atoms. The quantitative estimate of drug-likeness (QED) is 0.778. The van der Waals surface area contributed by atoms with Crippen LogP contribution in [-0.2, 0) is 6.54 Å². The molecule has 102 valence electrons. The second-order valence-electron chi connectivity index (χ2n) is 3.97. The smallest absolute Gasteiger partial charge is 0.316 e. The van der Waals surface area contributed by atoms with Gasteiger partial charge >= 0.3 is 6.01 Å². The predicted molar refractivity (Wildman–Crippen MR) is 75.7 cm³/mol. The van der Waals surface area contributed by atoms with E-state index in [0.29, 0.717) is 18.5 Å². The van der Waals surface area contributed by atoms with Crippen LogP contribution in [0, 0.1) is 0 Å². The SMILES string of the molecule is COc1ccc(-c2nnc(NCc3cscn3)o2)cc1. The third kappa shape index (κ3) is 2.77. The van der Waals surface area contributed by atoms with Gasteiger partial charge in [-0.1, -0.05) is 5.10 Å². The molecular weight excluding hydrogens is 276 g/mol. The highest BCUT2D eigenvalue weighted by Crippen LogP contribution is 2.22. The molecule has 0 spiro atoms. The van der Waals surface area contributed by atoms with Gasteiger partial charge in [0, 0.05) is 10.9 Å². The van der Waals surface area contributed by atoms with Gasteiger partial charge in [0.1, 0.15) is 5.75 Å². The fourth-order valence-electron chi connectivity index (χ4n) is 1.64. The first-order chi connectivity index (χ1) is 9.85. The van der Waals surface area contributed by atoms with Crippen molar-refractivity contribution in [1.29, 1.82) is 0 Å². The number of hydrogen-bond acceptors (Lipinski definition) is 7. The van der Waals surface area contributed by atoms with Crippen molar-refractivity contribution in [3.8, 4) is 17.2 Å². The summed E-state index contributed by atoms with van der Waals surface area (Å²) < 4.78 is 10.6. The lowest BCUT2D eigenvalue weighted by molar-refractivity contribution is 0.415. The lowest BCUT2D eigenvalue weighted by Crippen LogP contribution is -1.99. The number of nitrogens with one attached hydrogen (secondary N) is 1. The highest BCUT2D eigenvalue weighted by molar-refractivity contribution is 7.07. The minimum atomic E-state index is 0.379. The molecule has 0 unspecified atom stereocenters. The average molecular weight is 288 g/mol. The zero-order chi connectivity index (χ0) is 13.8. The molecule has 0 amide bonds. The van der Waals surface area contributed by atoms with Crippen molar-refractivity contribution in [2.24, 2.45) is 0 Å². The Labute approximate surface area is 119 Å². The summed E-state index contributed by atoms with van der Waals surface area (Å²) in [5.74, 6) is 1.25. The van der Waals surface area contributed by atoms with Crippen LogP contribution in [0.4, 0.5) is 6.01 Å². The standard InChI is InChI=1S/C13H12N4O2S/c1-18-11-4-2-9(3-5-11)12-16-17-13(19-12)14-6-10-7-20-8-15-10/h2-5,7-8H,6H2,1H3,(H,14,17).